The summed E-state index contributed by atoms with van der Waals surface area (Å²) in [5, 5.41) is 4.67. The summed E-state index contributed by atoms with van der Waals surface area (Å²) in [6.45, 7) is 0. The van der Waals surface area contributed by atoms with E-state index in [4.69, 9.17) is 19.4 Å². The third-order valence-electron chi connectivity index (χ3n) is 10.5. The van der Waals surface area contributed by atoms with Gasteiger partial charge in [-0.1, -0.05) is 158 Å². The summed E-state index contributed by atoms with van der Waals surface area (Å²) in [5.41, 5.74) is 11.5. The number of rotatable bonds is 6. The molecule has 0 spiro atoms. The van der Waals surface area contributed by atoms with Crippen LogP contribution in [0, 0.1) is 0 Å². The largest absolute Gasteiger partial charge is 0.456 e. The zero-order valence-corrected chi connectivity index (χ0v) is 30.9. The minimum atomic E-state index is 0.589. The normalized spacial score (nSPS) is 11.6. The third kappa shape index (κ3) is 5.56. The van der Waals surface area contributed by atoms with Crippen molar-refractivity contribution >= 4 is 53.4 Å². The molecule has 0 aliphatic carbocycles. The maximum atomic E-state index is 6.42. The van der Waals surface area contributed by atoms with Gasteiger partial charge in [-0.25, -0.2) is 15.0 Å². The Morgan fingerprint density at radius 2 is 0.821 bits per heavy atom. The quantitative estimate of drug-likeness (QED) is 0.171. The number of furan rings is 1. The van der Waals surface area contributed by atoms with Gasteiger partial charge in [0.05, 0.1) is 0 Å². The molecule has 0 saturated carbocycles. The van der Waals surface area contributed by atoms with E-state index in [0.29, 0.717) is 17.5 Å². The van der Waals surface area contributed by atoms with Crippen molar-refractivity contribution in [1.29, 1.82) is 0 Å². The van der Waals surface area contributed by atoms with Crippen LogP contribution in [0.5, 0.6) is 0 Å². The summed E-state index contributed by atoms with van der Waals surface area (Å²) >= 11 is 1.86. The molecule has 0 bridgehead atoms. The monoisotopic (exact) mass is 733 g/mol. The molecule has 0 unspecified atom stereocenters. The highest BCUT2D eigenvalue weighted by Crippen LogP contribution is 2.44. The summed E-state index contributed by atoms with van der Waals surface area (Å²) in [6.07, 6.45) is 0. The summed E-state index contributed by atoms with van der Waals surface area (Å²) in [6, 6.07) is 65.6. The molecule has 5 heteroatoms. The van der Waals surface area contributed by atoms with Gasteiger partial charge in [-0.15, -0.1) is 11.3 Å². The van der Waals surface area contributed by atoms with Crippen molar-refractivity contribution in [1.82, 2.24) is 15.0 Å². The summed E-state index contributed by atoms with van der Waals surface area (Å²) < 4.78 is 8.98. The van der Waals surface area contributed by atoms with Gasteiger partial charge in [-0.05, 0) is 63.7 Å². The molecule has 0 amide bonds. The van der Waals surface area contributed by atoms with Crippen molar-refractivity contribution in [2.75, 3.05) is 0 Å². The molecule has 0 saturated heterocycles. The van der Waals surface area contributed by atoms with E-state index in [9.17, 15) is 0 Å². The van der Waals surface area contributed by atoms with Gasteiger partial charge in [0.25, 0.3) is 0 Å². The first-order chi connectivity index (χ1) is 27.7. The van der Waals surface area contributed by atoms with E-state index in [2.05, 4.69) is 146 Å². The Labute approximate surface area is 327 Å². The van der Waals surface area contributed by atoms with E-state index in [1.54, 1.807) is 0 Å². The Kier molecular flexibility index (Phi) is 7.64. The van der Waals surface area contributed by atoms with Crippen molar-refractivity contribution in [2.24, 2.45) is 0 Å². The van der Waals surface area contributed by atoms with Crippen LogP contribution < -0.4 is 0 Å². The number of hydrogen-bond acceptors (Lipinski definition) is 5. The highest BCUT2D eigenvalue weighted by atomic mass is 32.1. The van der Waals surface area contributed by atoms with Crippen molar-refractivity contribution in [3.8, 4) is 67.5 Å². The Morgan fingerprint density at radius 3 is 1.50 bits per heavy atom. The molecule has 0 aliphatic rings. The lowest BCUT2D eigenvalue weighted by molar-refractivity contribution is 0.669. The highest BCUT2D eigenvalue weighted by molar-refractivity contribution is 7.26. The van der Waals surface area contributed by atoms with Gasteiger partial charge in [0, 0.05) is 47.6 Å². The van der Waals surface area contributed by atoms with Crippen LogP contribution in [0.2, 0.25) is 0 Å². The third-order valence-corrected chi connectivity index (χ3v) is 11.8. The predicted molar refractivity (Wildman–Crippen MR) is 233 cm³/mol. The Bertz CT molecular complexity index is 3240. The van der Waals surface area contributed by atoms with Crippen LogP contribution in [0.15, 0.2) is 192 Å². The van der Waals surface area contributed by atoms with E-state index >= 15 is 0 Å². The van der Waals surface area contributed by atoms with Crippen LogP contribution in [-0.4, -0.2) is 15.0 Å². The minimum Gasteiger partial charge on any atom is -0.456 e. The molecule has 262 valence electrons. The van der Waals surface area contributed by atoms with E-state index in [1.165, 1.54) is 42.4 Å². The number of hydrogen-bond donors (Lipinski definition) is 0. The summed E-state index contributed by atoms with van der Waals surface area (Å²) in [7, 11) is 0. The molecular formula is C51H31N3OS. The fourth-order valence-corrected chi connectivity index (χ4v) is 9.17. The van der Waals surface area contributed by atoms with Gasteiger partial charge in [0.1, 0.15) is 11.2 Å². The molecule has 0 fully saturated rings. The first-order valence-corrected chi connectivity index (χ1v) is 19.5. The van der Waals surface area contributed by atoms with E-state index < -0.39 is 0 Å². The van der Waals surface area contributed by atoms with E-state index in [0.717, 1.165) is 49.8 Å². The van der Waals surface area contributed by atoms with E-state index in [1.807, 2.05) is 53.8 Å². The van der Waals surface area contributed by atoms with Crippen LogP contribution in [0.1, 0.15) is 0 Å². The molecule has 0 atom stereocenters. The van der Waals surface area contributed by atoms with Crippen molar-refractivity contribution in [2.45, 2.75) is 0 Å². The number of aromatic nitrogens is 3. The molecule has 3 aromatic heterocycles. The fraction of sp³-hybridized carbons (Fsp3) is 0. The molecule has 11 aromatic rings. The van der Waals surface area contributed by atoms with Gasteiger partial charge < -0.3 is 4.42 Å². The lowest BCUT2D eigenvalue weighted by atomic mass is 9.99. The van der Waals surface area contributed by atoms with Gasteiger partial charge >= 0.3 is 0 Å². The topological polar surface area (TPSA) is 51.8 Å². The second-order valence-corrected chi connectivity index (χ2v) is 15.0. The molecule has 0 radical (unpaired) electrons. The smallest absolute Gasteiger partial charge is 0.164 e. The minimum absolute atomic E-state index is 0.589. The second kappa shape index (κ2) is 13.3. The van der Waals surface area contributed by atoms with Crippen LogP contribution in [0.25, 0.3) is 110 Å². The highest BCUT2D eigenvalue weighted by Gasteiger charge is 2.18. The molecule has 4 nitrogen and oxygen atoms in total. The lowest BCUT2D eigenvalue weighted by Gasteiger charge is -2.10. The zero-order valence-electron chi connectivity index (χ0n) is 30.1. The average molecular weight is 734 g/mol. The van der Waals surface area contributed by atoms with Crippen LogP contribution >= 0.6 is 11.3 Å². The molecule has 11 rings (SSSR count). The van der Waals surface area contributed by atoms with Crippen molar-refractivity contribution in [3.05, 3.63) is 188 Å². The van der Waals surface area contributed by atoms with Gasteiger partial charge in [0.15, 0.2) is 17.5 Å². The SMILES string of the molecule is c1ccc(-c2ccc3oc4cc(-c5nc(-c6ccccc6)nc(-c6cccc(-c7cccc8c7sc7c(-c9ccccc9)cccc78)c6)n5)ccc4c3c2)cc1. The predicted octanol–water partition coefficient (Wildman–Crippen LogP) is 14.1. The molecule has 56 heavy (non-hydrogen) atoms. The van der Waals surface area contributed by atoms with Crippen LogP contribution in [0.4, 0.5) is 0 Å². The number of benzene rings is 8. The molecule has 8 aromatic carbocycles. The summed E-state index contributed by atoms with van der Waals surface area (Å²) in [5.74, 6) is 1.82. The fourth-order valence-electron chi connectivity index (χ4n) is 7.80. The van der Waals surface area contributed by atoms with Gasteiger partial charge in [0.2, 0.25) is 0 Å². The number of fused-ring (bicyclic) bond motifs is 6. The first-order valence-electron chi connectivity index (χ1n) is 18.7. The lowest BCUT2D eigenvalue weighted by Crippen LogP contribution is -2.00. The summed E-state index contributed by atoms with van der Waals surface area (Å²) in [4.78, 5) is 15.2. The standard InChI is InChI=1S/C51H31N3OS/c1-4-13-32(14-5-1)35-26-28-45-44(30-35)41-27-25-38(31-46(41)55-45)51-53-49(34-17-8-3-9-18-34)52-50(54-51)37-20-10-19-36(29-37)40-22-12-24-43-42-23-11-21-39(47(42)56-48(40)43)33-15-6-2-7-16-33/h1-31H. The first kappa shape index (κ1) is 32.2. The Hall–Kier alpha value is -7.21. The molecule has 0 N–H and O–H groups in total. The van der Waals surface area contributed by atoms with Crippen LogP contribution in [0.3, 0.4) is 0 Å². The van der Waals surface area contributed by atoms with Gasteiger partial charge in [-0.2, -0.15) is 0 Å². The van der Waals surface area contributed by atoms with Crippen molar-refractivity contribution in [3.63, 3.8) is 0 Å². The van der Waals surface area contributed by atoms with Crippen LogP contribution in [-0.2, 0) is 0 Å². The van der Waals surface area contributed by atoms with E-state index in [-0.39, 0.29) is 0 Å². The molecule has 0 aliphatic heterocycles. The zero-order chi connectivity index (χ0) is 37.0. The Balaban J connectivity index is 1.03. The maximum absolute atomic E-state index is 6.42. The number of thiophene rings is 1. The average Bonchev–Trinajstić information content (AvgIpc) is 3.85. The van der Waals surface area contributed by atoms with Gasteiger partial charge in [-0.3, -0.25) is 0 Å². The maximum Gasteiger partial charge on any atom is 0.164 e. The second-order valence-electron chi connectivity index (χ2n) is 14.0. The molecular weight excluding hydrogens is 703 g/mol. The Morgan fingerprint density at radius 1 is 0.304 bits per heavy atom. The van der Waals surface area contributed by atoms with Crippen molar-refractivity contribution < 1.29 is 4.42 Å². The number of nitrogens with zero attached hydrogens (tertiary/aromatic N) is 3. The molecule has 3 heterocycles.